The molecule has 2 rings (SSSR count). The van der Waals surface area contributed by atoms with Crippen molar-refractivity contribution in [2.75, 3.05) is 11.9 Å². The van der Waals surface area contributed by atoms with E-state index < -0.39 is 5.25 Å². The summed E-state index contributed by atoms with van der Waals surface area (Å²) in [6.07, 6.45) is 0.930. The van der Waals surface area contributed by atoms with Crippen molar-refractivity contribution in [2.24, 2.45) is 5.92 Å². The molecular formula is C15H18BrNO3S. The van der Waals surface area contributed by atoms with E-state index in [1.165, 1.54) is 11.8 Å². The van der Waals surface area contributed by atoms with Crippen molar-refractivity contribution >= 4 is 45.3 Å². The quantitative estimate of drug-likeness (QED) is 0.798. The van der Waals surface area contributed by atoms with Gasteiger partial charge in [-0.25, -0.2) is 0 Å². The summed E-state index contributed by atoms with van der Waals surface area (Å²) >= 11 is 4.87. The Morgan fingerprint density at radius 2 is 2.24 bits per heavy atom. The molecule has 4 nitrogen and oxygen atoms in total. The third-order valence-electron chi connectivity index (χ3n) is 3.09. The zero-order valence-corrected chi connectivity index (χ0v) is 14.4. The standard InChI is InChI=1S/C15H18BrNO3S/c1-9(2)6-7-20-13(18)8-12-15(19)17-11-5-3-4-10(16)14(11)21-12/h3-5,9,12H,6-8H2,1-2H3,(H,17,19). The normalized spacial score (nSPS) is 17.3. The number of rotatable bonds is 5. The monoisotopic (exact) mass is 371 g/mol. The number of esters is 1. The lowest BCUT2D eigenvalue weighted by molar-refractivity contribution is -0.144. The number of benzene rings is 1. The summed E-state index contributed by atoms with van der Waals surface area (Å²) in [5, 5.41) is 2.39. The number of hydrogen-bond donors (Lipinski definition) is 1. The highest BCUT2D eigenvalue weighted by atomic mass is 79.9. The third-order valence-corrected chi connectivity index (χ3v) is 5.35. The van der Waals surface area contributed by atoms with Crippen LogP contribution in [0.25, 0.3) is 0 Å². The van der Waals surface area contributed by atoms with E-state index in [4.69, 9.17) is 4.74 Å². The number of ether oxygens (including phenoxy) is 1. The predicted octanol–water partition coefficient (Wildman–Crippen LogP) is 3.84. The van der Waals surface area contributed by atoms with Crippen LogP contribution in [-0.4, -0.2) is 23.7 Å². The summed E-state index contributed by atoms with van der Waals surface area (Å²) in [7, 11) is 0. The van der Waals surface area contributed by atoms with E-state index in [9.17, 15) is 9.59 Å². The van der Waals surface area contributed by atoms with Crippen molar-refractivity contribution in [1.29, 1.82) is 0 Å². The first-order valence-electron chi connectivity index (χ1n) is 6.89. The minimum atomic E-state index is -0.442. The smallest absolute Gasteiger partial charge is 0.307 e. The van der Waals surface area contributed by atoms with Crippen LogP contribution in [0.15, 0.2) is 27.6 Å². The molecule has 0 aromatic heterocycles. The van der Waals surface area contributed by atoms with Crippen LogP contribution in [0.1, 0.15) is 26.7 Å². The predicted molar refractivity (Wildman–Crippen MR) is 87.4 cm³/mol. The summed E-state index contributed by atoms with van der Waals surface area (Å²) in [6, 6.07) is 5.63. The molecule has 1 amide bonds. The van der Waals surface area contributed by atoms with E-state index in [1.54, 1.807) is 0 Å². The number of carbonyl (C=O) groups excluding carboxylic acids is 2. The van der Waals surface area contributed by atoms with Crippen molar-refractivity contribution in [1.82, 2.24) is 0 Å². The van der Waals surface area contributed by atoms with Crippen LogP contribution in [0.3, 0.4) is 0 Å². The molecule has 0 spiro atoms. The van der Waals surface area contributed by atoms with Crippen molar-refractivity contribution in [3.05, 3.63) is 22.7 Å². The molecule has 0 radical (unpaired) electrons. The lowest BCUT2D eigenvalue weighted by atomic mass is 10.1. The Bertz CT molecular complexity index is 548. The van der Waals surface area contributed by atoms with E-state index in [0.717, 1.165) is 21.5 Å². The second-order valence-electron chi connectivity index (χ2n) is 5.32. The van der Waals surface area contributed by atoms with Gasteiger partial charge < -0.3 is 10.1 Å². The zero-order valence-electron chi connectivity index (χ0n) is 12.0. The van der Waals surface area contributed by atoms with Gasteiger partial charge >= 0.3 is 5.97 Å². The molecule has 1 aromatic rings. The van der Waals surface area contributed by atoms with Crippen LogP contribution in [-0.2, 0) is 14.3 Å². The Hall–Kier alpha value is -1.01. The summed E-state index contributed by atoms with van der Waals surface area (Å²) in [5.74, 6) is 0.0261. The van der Waals surface area contributed by atoms with Gasteiger partial charge in [0.25, 0.3) is 0 Å². The molecule has 1 N–H and O–H groups in total. The van der Waals surface area contributed by atoms with Crippen LogP contribution in [0, 0.1) is 5.92 Å². The molecule has 1 aliphatic rings. The number of amides is 1. The number of nitrogens with one attached hydrogen (secondary N) is 1. The molecule has 1 heterocycles. The first kappa shape index (κ1) is 16.4. The maximum absolute atomic E-state index is 12.0. The van der Waals surface area contributed by atoms with Crippen LogP contribution < -0.4 is 5.32 Å². The molecule has 1 aromatic carbocycles. The van der Waals surface area contributed by atoms with E-state index in [-0.39, 0.29) is 18.3 Å². The van der Waals surface area contributed by atoms with Gasteiger partial charge in [-0.1, -0.05) is 19.9 Å². The molecule has 0 aliphatic carbocycles. The first-order chi connectivity index (χ1) is 9.97. The van der Waals surface area contributed by atoms with Gasteiger partial charge in [0.1, 0.15) is 0 Å². The molecule has 1 atom stereocenters. The Kier molecular flexibility index (Phi) is 5.70. The second-order valence-corrected chi connectivity index (χ2v) is 7.39. The van der Waals surface area contributed by atoms with Crippen molar-refractivity contribution in [2.45, 2.75) is 36.8 Å². The number of thioether (sulfide) groups is 1. The van der Waals surface area contributed by atoms with Gasteiger partial charge in [0, 0.05) is 9.37 Å². The van der Waals surface area contributed by atoms with Crippen LogP contribution in [0.5, 0.6) is 0 Å². The van der Waals surface area contributed by atoms with E-state index in [2.05, 4.69) is 35.1 Å². The maximum Gasteiger partial charge on any atom is 0.307 e. The fourth-order valence-electron chi connectivity index (χ4n) is 1.89. The fourth-order valence-corrected chi connectivity index (χ4v) is 3.63. The average molecular weight is 372 g/mol. The highest BCUT2D eigenvalue weighted by Gasteiger charge is 2.30. The highest BCUT2D eigenvalue weighted by molar-refractivity contribution is 9.10. The Labute approximate surface area is 137 Å². The SMILES string of the molecule is CC(C)CCOC(=O)CC1Sc2c(Br)cccc2NC1=O. The largest absolute Gasteiger partial charge is 0.466 e. The van der Waals surface area contributed by atoms with Gasteiger partial charge in [0.2, 0.25) is 5.91 Å². The molecule has 21 heavy (non-hydrogen) atoms. The van der Waals surface area contributed by atoms with Gasteiger partial charge in [0.15, 0.2) is 0 Å². The minimum absolute atomic E-state index is 0.0926. The molecule has 0 fully saturated rings. The lowest BCUT2D eigenvalue weighted by Gasteiger charge is -2.24. The van der Waals surface area contributed by atoms with Crippen LogP contribution >= 0.6 is 27.7 Å². The summed E-state index contributed by atoms with van der Waals surface area (Å²) in [5.41, 5.74) is 0.781. The summed E-state index contributed by atoms with van der Waals surface area (Å²) in [4.78, 5) is 24.8. The van der Waals surface area contributed by atoms with Crippen LogP contribution in [0.4, 0.5) is 5.69 Å². The average Bonchev–Trinajstić information content (AvgIpc) is 2.40. The maximum atomic E-state index is 12.0. The van der Waals surface area contributed by atoms with Gasteiger partial charge in [-0.15, -0.1) is 11.8 Å². The Balaban J connectivity index is 1.94. The third kappa shape index (κ3) is 4.48. The van der Waals surface area contributed by atoms with E-state index in [1.807, 2.05) is 18.2 Å². The number of carbonyl (C=O) groups is 2. The fraction of sp³-hybridized carbons (Fsp3) is 0.467. The molecule has 6 heteroatoms. The Morgan fingerprint density at radius 1 is 1.48 bits per heavy atom. The topological polar surface area (TPSA) is 55.4 Å². The molecule has 0 saturated carbocycles. The molecule has 0 saturated heterocycles. The lowest BCUT2D eigenvalue weighted by Crippen LogP contribution is -2.31. The molecular weight excluding hydrogens is 354 g/mol. The van der Waals surface area contributed by atoms with Gasteiger partial charge in [-0.2, -0.15) is 0 Å². The summed E-state index contributed by atoms with van der Waals surface area (Å²) in [6.45, 7) is 4.56. The number of hydrogen-bond acceptors (Lipinski definition) is 4. The summed E-state index contributed by atoms with van der Waals surface area (Å²) < 4.78 is 6.10. The van der Waals surface area contributed by atoms with Gasteiger partial charge in [-0.05, 0) is 40.4 Å². The van der Waals surface area contributed by atoms with E-state index in [0.29, 0.717) is 12.5 Å². The highest BCUT2D eigenvalue weighted by Crippen LogP contribution is 2.41. The second kappa shape index (κ2) is 7.31. The minimum Gasteiger partial charge on any atom is -0.466 e. The number of fused-ring (bicyclic) bond motifs is 1. The first-order valence-corrected chi connectivity index (χ1v) is 8.56. The zero-order chi connectivity index (χ0) is 15.4. The molecule has 1 aliphatic heterocycles. The van der Waals surface area contributed by atoms with E-state index >= 15 is 0 Å². The van der Waals surface area contributed by atoms with Gasteiger partial charge in [0.05, 0.1) is 24.0 Å². The van der Waals surface area contributed by atoms with Crippen molar-refractivity contribution in [3.63, 3.8) is 0 Å². The van der Waals surface area contributed by atoms with Crippen molar-refractivity contribution < 1.29 is 14.3 Å². The number of halogens is 1. The Morgan fingerprint density at radius 3 is 2.95 bits per heavy atom. The van der Waals surface area contributed by atoms with Crippen LogP contribution in [0.2, 0.25) is 0 Å². The van der Waals surface area contributed by atoms with Crippen molar-refractivity contribution in [3.8, 4) is 0 Å². The molecule has 1 unspecified atom stereocenters. The van der Waals surface area contributed by atoms with Gasteiger partial charge in [-0.3, -0.25) is 9.59 Å². The number of anilines is 1. The molecule has 0 bridgehead atoms. The molecule has 114 valence electrons.